The fourth-order valence-electron chi connectivity index (χ4n) is 2.69. The lowest BCUT2D eigenvalue weighted by atomic mass is 9.93. The van der Waals surface area contributed by atoms with E-state index < -0.39 is 0 Å². The topological polar surface area (TPSA) is 75.4 Å². The monoisotopic (exact) mass is 314 g/mol. The number of aliphatic hydroxyl groups excluding tert-OH is 1. The van der Waals surface area contributed by atoms with Crippen LogP contribution in [-0.4, -0.2) is 22.7 Å². The number of rotatable bonds is 7. The summed E-state index contributed by atoms with van der Waals surface area (Å²) >= 11 is 0. The maximum atomic E-state index is 10.9. The van der Waals surface area contributed by atoms with Crippen molar-refractivity contribution in [3.8, 4) is 0 Å². The highest BCUT2D eigenvalue weighted by molar-refractivity contribution is 5.53. The van der Waals surface area contributed by atoms with E-state index in [1.807, 2.05) is 18.2 Å². The molecule has 0 aliphatic rings. The smallest absolute Gasteiger partial charge is 0.272 e. The van der Waals surface area contributed by atoms with E-state index in [1.54, 1.807) is 26.0 Å². The van der Waals surface area contributed by atoms with E-state index >= 15 is 0 Å². The lowest BCUT2D eigenvalue weighted by Crippen LogP contribution is -2.17. The van der Waals surface area contributed by atoms with Gasteiger partial charge in [-0.3, -0.25) is 10.1 Å². The summed E-state index contributed by atoms with van der Waals surface area (Å²) in [5.41, 5.74) is 2.77. The fraction of sp³-hybridized carbons (Fsp3) is 0.333. The second kappa shape index (κ2) is 7.74. The minimum Gasteiger partial charge on any atom is -0.393 e. The Morgan fingerprint density at radius 1 is 1.22 bits per heavy atom. The lowest BCUT2D eigenvalue weighted by Gasteiger charge is -2.20. The van der Waals surface area contributed by atoms with Gasteiger partial charge in [0, 0.05) is 29.8 Å². The van der Waals surface area contributed by atoms with Crippen LogP contribution in [-0.2, 0) is 0 Å². The van der Waals surface area contributed by atoms with Gasteiger partial charge in [0.25, 0.3) is 5.69 Å². The second-order valence-electron chi connectivity index (χ2n) is 5.83. The number of nitrogens with one attached hydrogen (secondary N) is 1. The Bertz CT molecular complexity index is 657. The normalized spacial score (nSPS) is 13.3. The molecule has 2 rings (SSSR count). The van der Waals surface area contributed by atoms with E-state index in [4.69, 9.17) is 0 Å². The van der Waals surface area contributed by atoms with E-state index in [-0.39, 0.29) is 22.6 Å². The summed E-state index contributed by atoms with van der Waals surface area (Å²) in [5.74, 6) is 0.173. The van der Waals surface area contributed by atoms with Crippen LogP contribution in [0, 0.1) is 17.0 Å². The first-order valence-electron chi connectivity index (χ1n) is 7.69. The van der Waals surface area contributed by atoms with Crippen LogP contribution in [0.25, 0.3) is 0 Å². The highest BCUT2D eigenvalue weighted by atomic mass is 16.6. The third kappa shape index (κ3) is 4.79. The first kappa shape index (κ1) is 17.0. The molecule has 0 aliphatic heterocycles. The minimum atomic E-state index is -0.388. The average Bonchev–Trinajstić information content (AvgIpc) is 2.51. The van der Waals surface area contributed by atoms with Crippen molar-refractivity contribution in [3.63, 3.8) is 0 Å². The molecule has 5 nitrogen and oxygen atoms in total. The molecule has 0 radical (unpaired) electrons. The maximum absolute atomic E-state index is 10.9. The molecule has 2 aromatic rings. The van der Waals surface area contributed by atoms with E-state index in [1.165, 1.54) is 11.6 Å². The number of hydrogen-bond donors (Lipinski definition) is 2. The quantitative estimate of drug-likeness (QED) is 0.601. The van der Waals surface area contributed by atoms with Crippen molar-refractivity contribution in [2.75, 3.05) is 11.9 Å². The molecule has 0 aliphatic carbocycles. The third-order valence-electron chi connectivity index (χ3n) is 3.84. The Kier molecular flexibility index (Phi) is 5.71. The predicted octanol–water partition coefficient (Wildman–Crippen LogP) is 3.87. The zero-order chi connectivity index (χ0) is 16.8. The minimum absolute atomic E-state index is 0.124. The van der Waals surface area contributed by atoms with Gasteiger partial charge in [-0.1, -0.05) is 30.3 Å². The molecule has 2 N–H and O–H groups in total. The zero-order valence-electron chi connectivity index (χ0n) is 13.4. The molecule has 0 aromatic heterocycles. The molecule has 2 unspecified atom stereocenters. The Labute approximate surface area is 136 Å². The maximum Gasteiger partial charge on any atom is 0.272 e. The van der Waals surface area contributed by atoms with Gasteiger partial charge in [0.1, 0.15) is 0 Å². The van der Waals surface area contributed by atoms with Crippen molar-refractivity contribution in [2.24, 2.45) is 0 Å². The molecule has 0 saturated heterocycles. The predicted molar refractivity (Wildman–Crippen MR) is 91.8 cm³/mol. The molecule has 2 aromatic carbocycles. The number of nitro benzene ring substituents is 1. The van der Waals surface area contributed by atoms with Gasteiger partial charge in [0.2, 0.25) is 0 Å². The van der Waals surface area contributed by atoms with Crippen LogP contribution in [0.4, 0.5) is 11.4 Å². The molecule has 0 bridgehead atoms. The molecule has 0 fully saturated rings. The van der Waals surface area contributed by atoms with Gasteiger partial charge in [-0.15, -0.1) is 0 Å². The summed E-state index contributed by atoms with van der Waals surface area (Å²) in [6.07, 6.45) is 0.267. The van der Waals surface area contributed by atoms with Gasteiger partial charge in [-0.25, -0.2) is 0 Å². The van der Waals surface area contributed by atoms with E-state index in [9.17, 15) is 15.2 Å². The van der Waals surface area contributed by atoms with Crippen LogP contribution in [0.1, 0.15) is 30.4 Å². The van der Waals surface area contributed by atoms with Crippen molar-refractivity contribution in [1.82, 2.24) is 0 Å². The Morgan fingerprint density at radius 2 is 1.91 bits per heavy atom. The van der Waals surface area contributed by atoms with Gasteiger partial charge in [0.05, 0.1) is 11.0 Å². The number of nitrogens with zero attached hydrogens (tertiary/aromatic N) is 1. The van der Waals surface area contributed by atoms with Crippen molar-refractivity contribution < 1.29 is 10.0 Å². The van der Waals surface area contributed by atoms with Crippen LogP contribution in [0.15, 0.2) is 48.5 Å². The van der Waals surface area contributed by atoms with Gasteiger partial charge in [-0.05, 0) is 38.0 Å². The summed E-state index contributed by atoms with van der Waals surface area (Å²) < 4.78 is 0. The van der Waals surface area contributed by atoms with Gasteiger partial charge in [0.15, 0.2) is 0 Å². The second-order valence-corrected chi connectivity index (χ2v) is 5.83. The average molecular weight is 314 g/mol. The molecule has 5 heteroatoms. The molecular formula is C18H22N2O3. The Morgan fingerprint density at radius 3 is 2.48 bits per heavy atom. The summed E-state index contributed by atoms with van der Waals surface area (Å²) in [6.45, 7) is 4.17. The highest BCUT2D eigenvalue weighted by Crippen LogP contribution is 2.25. The fourth-order valence-corrected chi connectivity index (χ4v) is 2.69. The number of nitro groups is 1. The van der Waals surface area contributed by atoms with Crippen LogP contribution >= 0.6 is 0 Å². The summed E-state index contributed by atoms with van der Waals surface area (Å²) in [6, 6.07) is 15.1. The lowest BCUT2D eigenvalue weighted by molar-refractivity contribution is -0.385. The van der Waals surface area contributed by atoms with E-state index in [0.29, 0.717) is 18.5 Å². The molecule has 0 heterocycles. The van der Waals surface area contributed by atoms with Crippen LogP contribution in [0.2, 0.25) is 0 Å². The zero-order valence-corrected chi connectivity index (χ0v) is 13.4. The van der Waals surface area contributed by atoms with Gasteiger partial charge < -0.3 is 10.4 Å². The standard InChI is InChI=1S/C18H22N2O3/c1-13-10-17(8-9-18(13)20(22)23)19-12-16(11-14(2)21)15-6-4-3-5-7-15/h3-10,14,16,19,21H,11-12H2,1-2H3. The first-order valence-corrected chi connectivity index (χ1v) is 7.69. The van der Waals surface area contributed by atoms with Crippen molar-refractivity contribution in [2.45, 2.75) is 32.3 Å². The van der Waals surface area contributed by atoms with Crippen LogP contribution in [0.3, 0.4) is 0 Å². The molecule has 2 atom stereocenters. The molecule has 122 valence electrons. The van der Waals surface area contributed by atoms with E-state index in [2.05, 4.69) is 17.4 Å². The number of hydrogen-bond acceptors (Lipinski definition) is 4. The summed E-state index contributed by atoms with van der Waals surface area (Å²) in [7, 11) is 0. The van der Waals surface area contributed by atoms with Crippen molar-refractivity contribution in [3.05, 3.63) is 69.8 Å². The molecule has 23 heavy (non-hydrogen) atoms. The van der Waals surface area contributed by atoms with Crippen molar-refractivity contribution >= 4 is 11.4 Å². The third-order valence-corrected chi connectivity index (χ3v) is 3.84. The molecule has 0 saturated carbocycles. The largest absolute Gasteiger partial charge is 0.393 e. The number of benzene rings is 2. The van der Waals surface area contributed by atoms with Gasteiger partial charge >= 0.3 is 0 Å². The number of aryl methyl sites for hydroxylation is 1. The molecule has 0 spiro atoms. The highest BCUT2D eigenvalue weighted by Gasteiger charge is 2.15. The first-order chi connectivity index (χ1) is 11.0. The molecule has 0 amide bonds. The van der Waals surface area contributed by atoms with Crippen molar-refractivity contribution in [1.29, 1.82) is 0 Å². The SMILES string of the molecule is Cc1cc(NCC(CC(C)O)c2ccccc2)ccc1[N+](=O)[O-]. The number of anilines is 1. The van der Waals surface area contributed by atoms with Gasteiger partial charge in [-0.2, -0.15) is 0 Å². The summed E-state index contributed by atoms with van der Waals surface area (Å²) in [5, 5.41) is 23.9. The van der Waals surface area contributed by atoms with E-state index in [0.717, 1.165) is 5.69 Å². The van der Waals surface area contributed by atoms with Crippen LogP contribution < -0.4 is 5.32 Å². The van der Waals surface area contributed by atoms with Crippen LogP contribution in [0.5, 0.6) is 0 Å². The Hall–Kier alpha value is -2.40. The number of aliphatic hydroxyl groups is 1. The molecular weight excluding hydrogens is 292 g/mol. The Balaban J connectivity index is 2.09. The summed E-state index contributed by atoms with van der Waals surface area (Å²) in [4.78, 5) is 10.5.